The van der Waals surface area contributed by atoms with E-state index in [1.54, 1.807) is 0 Å². The van der Waals surface area contributed by atoms with Gasteiger partial charge in [0.2, 0.25) is 0 Å². The average Bonchev–Trinajstić information content (AvgIpc) is 1.81. The van der Waals surface area contributed by atoms with Crippen molar-refractivity contribution in [3.8, 4) is 0 Å². The van der Waals surface area contributed by atoms with Crippen LogP contribution >= 0.6 is 0 Å². The SMILES string of the molecule is CCC(OC(=O)O)[N+](=O)[O-].[LiH]. The van der Waals surface area contributed by atoms with Gasteiger partial charge < -0.3 is 9.84 Å². The van der Waals surface area contributed by atoms with Gasteiger partial charge in [0.15, 0.2) is 0 Å². The Morgan fingerprint density at radius 2 is 2.27 bits per heavy atom. The van der Waals surface area contributed by atoms with Gasteiger partial charge in [0.05, 0.1) is 11.3 Å². The van der Waals surface area contributed by atoms with Crippen LogP contribution in [0, 0.1) is 10.1 Å². The maximum absolute atomic E-state index is 9.88. The van der Waals surface area contributed by atoms with Crippen molar-refractivity contribution in [3.05, 3.63) is 10.1 Å². The summed E-state index contributed by atoms with van der Waals surface area (Å²) in [5.41, 5.74) is 0. The second kappa shape index (κ2) is 6.01. The predicted octanol–water partition coefficient (Wildman–Crippen LogP) is 0.0453. The fourth-order valence-corrected chi connectivity index (χ4v) is 0.392. The summed E-state index contributed by atoms with van der Waals surface area (Å²) >= 11 is 0. The van der Waals surface area contributed by atoms with Crippen LogP contribution in [0.2, 0.25) is 0 Å². The van der Waals surface area contributed by atoms with E-state index in [0.717, 1.165) is 0 Å². The van der Waals surface area contributed by atoms with Crippen LogP contribution in [-0.2, 0) is 4.74 Å². The number of nitro groups is 1. The van der Waals surface area contributed by atoms with Crippen molar-refractivity contribution in [1.82, 2.24) is 0 Å². The summed E-state index contributed by atoms with van der Waals surface area (Å²) in [6.07, 6.45) is -3.01. The van der Waals surface area contributed by atoms with Crippen molar-refractivity contribution < 1.29 is 19.6 Å². The van der Waals surface area contributed by atoms with E-state index < -0.39 is 17.3 Å². The Bertz CT molecular complexity index is 149. The molecular weight excluding hydrogens is 149 g/mol. The third kappa shape index (κ3) is 5.70. The number of carboxylic acid groups (broad SMARTS) is 1. The molecule has 0 aromatic heterocycles. The van der Waals surface area contributed by atoms with Gasteiger partial charge in [-0.05, 0) is 0 Å². The van der Waals surface area contributed by atoms with Crippen molar-refractivity contribution in [1.29, 1.82) is 0 Å². The number of rotatable bonds is 3. The first-order chi connectivity index (χ1) is 4.57. The third-order valence-electron chi connectivity index (χ3n) is 0.821. The molecule has 1 unspecified atom stereocenters. The van der Waals surface area contributed by atoms with Crippen molar-refractivity contribution >= 4 is 25.0 Å². The number of carbonyl (C=O) groups is 1. The average molecular weight is 157 g/mol. The van der Waals surface area contributed by atoms with Gasteiger partial charge >= 0.3 is 31.2 Å². The monoisotopic (exact) mass is 157 g/mol. The van der Waals surface area contributed by atoms with E-state index in [9.17, 15) is 14.9 Å². The number of ether oxygens (including phenoxy) is 1. The minimum atomic E-state index is -1.62. The molecule has 0 aliphatic heterocycles. The Balaban J connectivity index is 0. The molecule has 1 N–H and O–H groups in total. The van der Waals surface area contributed by atoms with Gasteiger partial charge in [-0.3, -0.25) is 10.1 Å². The zero-order chi connectivity index (χ0) is 8.15. The summed E-state index contributed by atoms with van der Waals surface area (Å²) < 4.78 is 3.88. The summed E-state index contributed by atoms with van der Waals surface area (Å²) in [6, 6.07) is 0. The zero-order valence-electron chi connectivity index (χ0n) is 5.31. The van der Waals surface area contributed by atoms with E-state index in [-0.39, 0.29) is 25.3 Å². The molecule has 6 nitrogen and oxygen atoms in total. The normalized spacial score (nSPS) is 11.0. The molecule has 0 heterocycles. The minimum absolute atomic E-state index is 0. The van der Waals surface area contributed by atoms with Gasteiger partial charge in [-0.25, -0.2) is 4.79 Å². The molecule has 60 valence electrons. The first-order valence-electron chi connectivity index (χ1n) is 2.61. The molecule has 7 heteroatoms. The third-order valence-corrected chi connectivity index (χ3v) is 0.821. The Labute approximate surface area is 74.9 Å². The van der Waals surface area contributed by atoms with Gasteiger partial charge in [-0.2, -0.15) is 0 Å². The molecule has 0 fully saturated rings. The van der Waals surface area contributed by atoms with Crippen molar-refractivity contribution in [2.45, 2.75) is 19.6 Å². The fraction of sp³-hybridized carbons (Fsp3) is 0.750. The van der Waals surface area contributed by atoms with E-state index in [0.29, 0.717) is 0 Å². The standard InChI is InChI=1S/C4H7NO5.Li.H/c1-2-3(5(8)9)10-4(6)7;;/h3H,2H2,1H3,(H,6,7);;. The molecule has 11 heavy (non-hydrogen) atoms. The molecule has 0 saturated heterocycles. The second-order valence-electron chi connectivity index (χ2n) is 1.53. The molecule has 0 bridgehead atoms. The van der Waals surface area contributed by atoms with E-state index in [1.807, 2.05) is 0 Å². The molecular formula is C4H8LiNO5. The molecule has 0 aromatic rings. The van der Waals surface area contributed by atoms with Gasteiger partial charge in [0, 0.05) is 0 Å². The van der Waals surface area contributed by atoms with Crippen LogP contribution in [0.4, 0.5) is 4.79 Å². The quantitative estimate of drug-likeness (QED) is 0.205. The summed E-state index contributed by atoms with van der Waals surface area (Å²) in [6.45, 7) is 1.47. The summed E-state index contributed by atoms with van der Waals surface area (Å²) in [5.74, 6) is 0. The molecule has 0 saturated carbocycles. The van der Waals surface area contributed by atoms with Crippen LogP contribution < -0.4 is 0 Å². The molecule has 0 amide bonds. The summed E-state index contributed by atoms with van der Waals surface area (Å²) in [4.78, 5) is 18.8. The van der Waals surface area contributed by atoms with Gasteiger partial charge in [-0.15, -0.1) is 0 Å². The molecule has 0 spiro atoms. The van der Waals surface area contributed by atoms with Crippen LogP contribution in [0.1, 0.15) is 13.3 Å². The Hall–Kier alpha value is -0.733. The van der Waals surface area contributed by atoms with Crippen LogP contribution in [0.15, 0.2) is 0 Å². The number of hydrogen-bond acceptors (Lipinski definition) is 4. The molecule has 0 rings (SSSR count). The Morgan fingerprint density at radius 3 is 2.36 bits per heavy atom. The maximum atomic E-state index is 9.88. The van der Waals surface area contributed by atoms with Gasteiger partial charge in [0.1, 0.15) is 0 Å². The zero-order valence-corrected chi connectivity index (χ0v) is 5.31. The molecule has 0 radical (unpaired) electrons. The van der Waals surface area contributed by atoms with Crippen LogP contribution in [0.5, 0.6) is 0 Å². The van der Waals surface area contributed by atoms with Crippen molar-refractivity contribution in [3.63, 3.8) is 0 Å². The van der Waals surface area contributed by atoms with E-state index in [4.69, 9.17) is 5.11 Å². The van der Waals surface area contributed by atoms with E-state index >= 15 is 0 Å². The van der Waals surface area contributed by atoms with Gasteiger partial charge in [0.25, 0.3) is 0 Å². The topological polar surface area (TPSA) is 89.7 Å². The fourth-order valence-electron chi connectivity index (χ4n) is 0.392. The molecule has 0 aliphatic carbocycles. The van der Waals surface area contributed by atoms with Crippen molar-refractivity contribution in [2.75, 3.05) is 0 Å². The van der Waals surface area contributed by atoms with Crippen molar-refractivity contribution in [2.24, 2.45) is 0 Å². The first kappa shape index (κ1) is 12.9. The summed E-state index contributed by atoms with van der Waals surface area (Å²) in [7, 11) is 0. The second-order valence-corrected chi connectivity index (χ2v) is 1.53. The van der Waals surface area contributed by atoms with Crippen LogP contribution in [0.25, 0.3) is 0 Å². The first-order valence-corrected chi connectivity index (χ1v) is 2.61. The Morgan fingerprint density at radius 1 is 1.82 bits per heavy atom. The van der Waals surface area contributed by atoms with Gasteiger partial charge in [-0.1, -0.05) is 6.92 Å². The molecule has 1 atom stereocenters. The van der Waals surface area contributed by atoms with E-state index in [2.05, 4.69) is 4.74 Å². The molecule has 0 aliphatic rings. The molecule has 0 aromatic carbocycles. The number of nitrogens with zero attached hydrogens (tertiary/aromatic N) is 1. The summed E-state index contributed by atoms with van der Waals surface area (Å²) in [5, 5.41) is 17.8. The van der Waals surface area contributed by atoms with E-state index in [1.165, 1.54) is 6.92 Å². The number of hydrogen-bond donors (Lipinski definition) is 1. The predicted molar refractivity (Wildman–Crippen MR) is 37.3 cm³/mol. The van der Waals surface area contributed by atoms with Crippen LogP contribution in [-0.4, -0.2) is 41.3 Å². The Kier molecular flexibility index (Phi) is 7.05. The van der Waals surface area contributed by atoms with Crippen LogP contribution in [0.3, 0.4) is 0 Å².